The molecule has 0 aromatic carbocycles. The van der Waals surface area contributed by atoms with Gasteiger partial charge in [-0.05, 0) is 55.1 Å². The molecule has 2 atom stereocenters. The van der Waals surface area contributed by atoms with Crippen molar-refractivity contribution < 1.29 is 0 Å². The molecule has 1 fully saturated rings. The molecule has 0 heterocycles. The van der Waals surface area contributed by atoms with Gasteiger partial charge in [-0.1, -0.05) is 30.2 Å². The van der Waals surface area contributed by atoms with Crippen LogP contribution in [0.25, 0.3) is 0 Å². The van der Waals surface area contributed by atoms with Crippen LogP contribution in [0.1, 0.15) is 38.5 Å². The molecule has 3 aliphatic rings. The third-order valence-corrected chi connectivity index (χ3v) is 4.64. The smallest absolute Gasteiger partial charge is 0.0289 e. The Morgan fingerprint density at radius 1 is 1.25 bits per heavy atom. The quantitative estimate of drug-likeness (QED) is 0.581. The first-order valence-corrected chi connectivity index (χ1v) is 7.10. The number of hydrogen-bond donors (Lipinski definition) is 0. The highest BCUT2D eigenvalue weighted by molar-refractivity contribution is 6.18. The van der Waals surface area contributed by atoms with Crippen LogP contribution in [0.3, 0.4) is 0 Å². The Morgan fingerprint density at radius 2 is 2.19 bits per heavy atom. The standard InChI is InChI=1S/C15H19Cl/c16-10-14-7-3-6-13-8-11-4-1-2-5-12(11)9-15(13)14/h5,8-9,13-14H,1-4,6-7,10H2. The molecular weight excluding hydrogens is 216 g/mol. The first kappa shape index (κ1) is 10.7. The number of alkyl halides is 1. The molecule has 3 rings (SSSR count). The zero-order valence-electron chi connectivity index (χ0n) is 9.71. The van der Waals surface area contributed by atoms with E-state index in [0.29, 0.717) is 11.8 Å². The van der Waals surface area contributed by atoms with Crippen LogP contribution in [-0.4, -0.2) is 5.88 Å². The van der Waals surface area contributed by atoms with Crippen LogP contribution in [0.5, 0.6) is 0 Å². The maximum Gasteiger partial charge on any atom is 0.0289 e. The maximum absolute atomic E-state index is 6.09. The number of rotatable bonds is 1. The van der Waals surface area contributed by atoms with Gasteiger partial charge in [0.2, 0.25) is 0 Å². The molecule has 0 N–H and O–H groups in total. The summed E-state index contributed by atoms with van der Waals surface area (Å²) in [7, 11) is 0. The molecule has 1 saturated carbocycles. The van der Waals surface area contributed by atoms with Crippen molar-refractivity contribution in [3.05, 3.63) is 34.9 Å². The van der Waals surface area contributed by atoms with Crippen molar-refractivity contribution in [2.45, 2.75) is 38.5 Å². The number of hydrogen-bond acceptors (Lipinski definition) is 0. The predicted octanol–water partition coefficient (Wildman–Crippen LogP) is 4.62. The molecule has 0 bridgehead atoms. The Hall–Kier alpha value is -0.490. The maximum atomic E-state index is 6.09. The monoisotopic (exact) mass is 234 g/mol. The Kier molecular flexibility index (Phi) is 2.93. The summed E-state index contributed by atoms with van der Waals surface area (Å²) in [5, 5.41) is 0. The van der Waals surface area contributed by atoms with Gasteiger partial charge in [0.1, 0.15) is 0 Å². The second-order valence-corrected chi connectivity index (χ2v) is 5.59. The van der Waals surface area contributed by atoms with E-state index < -0.39 is 0 Å². The van der Waals surface area contributed by atoms with E-state index in [9.17, 15) is 0 Å². The minimum Gasteiger partial charge on any atom is -0.126 e. The molecular formula is C15H19Cl. The summed E-state index contributed by atoms with van der Waals surface area (Å²) in [5.41, 5.74) is 4.74. The van der Waals surface area contributed by atoms with Crippen LogP contribution in [0, 0.1) is 11.8 Å². The summed E-state index contributed by atoms with van der Waals surface area (Å²) in [6.45, 7) is 0. The molecule has 0 aromatic heterocycles. The number of fused-ring (bicyclic) bond motifs is 2. The van der Waals surface area contributed by atoms with E-state index in [1.807, 2.05) is 0 Å². The molecule has 0 saturated heterocycles. The first-order valence-electron chi connectivity index (χ1n) is 6.57. The summed E-state index contributed by atoms with van der Waals surface area (Å²) in [4.78, 5) is 0. The highest BCUT2D eigenvalue weighted by atomic mass is 35.5. The van der Waals surface area contributed by atoms with Gasteiger partial charge in [0.05, 0.1) is 0 Å². The molecule has 0 aromatic rings. The fraction of sp³-hybridized carbons (Fsp3) is 0.600. The van der Waals surface area contributed by atoms with Gasteiger partial charge in [-0.3, -0.25) is 0 Å². The van der Waals surface area contributed by atoms with E-state index in [2.05, 4.69) is 18.2 Å². The average Bonchev–Trinajstić information content (AvgIpc) is 2.35. The molecule has 0 radical (unpaired) electrons. The van der Waals surface area contributed by atoms with E-state index in [-0.39, 0.29) is 0 Å². The van der Waals surface area contributed by atoms with Crippen LogP contribution in [0.4, 0.5) is 0 Å². The Balaban J connectivity index is 1.95. The molecule has 3 aliphatic carbocycles. The number of allylic oxidation sites excluding steroid dienone is 6. The lowest BCUT2D eigenvalue weighted by Crippen LogP contribution is -2.22. The van der Waals surface area contributed by atoms with Crippen molar-refractivity contribution in [2.75, 3.05) is 5.88 Å². The lowest BCUT2D eigenvalue weighted by molar-refractivity contribution is 0.427. The molecule has 0 aliphatic heterocycles. The van der Waals surface area contributed by atoms with Crippen molar-refractivity contribution in [1.29, 1.82) is 0 Å². The third kappa shape index (κ3) is 1.78. The predicted molar refractivity (Wildman–Crippen MR) is 69.7 cm³/mol. The third-order valence-electron chi connectivity index (χ3n) is 4.26. The van der Waals surface area contributed by atoms with Gasteiger partial charge < -0.3 is 0 Å². The van der Waals surface area contributed by atoms with Gasteiger partial charge >= 0.3 is 0 Å². The number of halogens is 1. The molecule has 1 heteroatoms. The SMILES string of the molecule is ClCC1CCCC2C=C3CCCC=C3C=C21. The molecule has 0 spiro atoms. The van der Waals surface area contributed by atoms with Crippen LogP contribution in [0.15, 0.2) is 34.9 Å². The van der Waals surface area contributed by atoms with Gasteiger partial charge in [0.25, 0.3) is 0 Å². The highest BCUT2D eigenvalue weighted by Crippen LogP contribution is 2.43. The van der Waals surface area contributed by atoms with E-state index in [1.165, 1.54) is 44.1 Å². The summed E-state index contributed by atoms with van der Waals surface area (Å²) >= 11 is 6.09. The lowest BCUT2D eigenvalue weighted by Gasteiger charge is -2.35. The minimum absolute atomic E-state index is 0.640. The van der Waals surface area contributed by atoms with Gasteiger partial charge in [0.15, 0.2) is 0 Å². The summed E-state index contributed by atoms with van der Waals surface area (Å²) in [6.07, 6.45) is 15.3. The van der Waals surface area contributed by atoms with Gasteiger partial charge in [-0.25, -0.2) is 0 Å². The largest absolute Gasteiger partial charge is 0.126 e. The Labute approximate surface area is 103 Å². The van der Waals surface area contributed by atoms with E-state index in [1.54, 1.807) is 11.1 Å². The average molecular weight is 235 g/mol. The van der Waals surface area contributed by atoms with E-state index in [4.69, 9.17) is 11.6 Å². The fourth-order valence-corrected chi connectivity index (χ4v) is 3.70. The van der Waals surface area contributed by atoms with Crippen LogP contribution >= 0.6 is 11.6 Å². The van der Waals surface area contributed by atoms with Gasteiger partial charge in [0, 0.05) is 5.88 Å². The van der Waals surface area contributed by atoms with Crippen LogP contribution in [0.2, 0.25) is 0 Å². The molecule has 0 amide bonds. The topological polar surface area (TPSA) is 0 Å². The second-order valence-electron chi connectivity index (χ2n) is 5.28. The lowest BCUT2D eigenvalue weighted by atomic mass is 9.71. The second kappa shape index (κ2) is 4.41. The molecule has 0 nitrogen and oxygen atoms in total. The first-order chi connectivity index (χ1) is 7.88. The zero-order valence-corrected chi connectivity index (χ0v) is 10.5. The van der Waals surface area contributed by atoms with Crippen LogP contribution in [-0.2, 0) is 0 Å². The van der Waals surface area contributed by atoms with Gasteiger partial charge in [-0.2, -0.15) is 0 Å². The van der Waals surface area contributed by atoms with Gasteiger partial charge in [-0.15, -0.1) is 11.6 Å². The zero-order chi connectivity index (χ0) is 11.0. The minimum atomic E-state index is 0.640. The summed E-state index contributed by atoms with van der Waals surface area (Å²) < 4.78 is 0. The van der Waals surface area contributed by atoms with Crippen molar-refractivity contribution in [1.82, 2.24) is 0 Å². The summed E-state index contributed by atoms with van der Waals surface area (Å²) in [5.74, 6) is 2.16. The summed E-state index contributed by atoms with van der Waals surface area (Å²) in [6, 6.07) is 0. The Bertz CT molecular complexity index is 373. The van der Waals surface area contributed by atoms with Crippen LogP contribution < -0.4 is 0 Å². The highest BCUT2D eigenvalue weighted by Gasteiger charge is 2.29. The van der Waals surface area contributed by atoms with E-state index in [0.717, 1.165) is 5.88 Å². The van der Waals surface area contributed by atoms with Crippen molar-refractivity contribution in [2.24, 2.45) is 11.8 Å². The Morgan fingerprint density at radius 3 is 3.06 bits per heavy atom. The fourth-order valence-electron chi connectivity index (χ4n) is 3.37. The van der Waals surface area contributed by atoms with Crippen molar-refractivity contribution in [3.8, 4) is 0 Å². The normalized spacial score (nSPS) is 33.2. The van der Waals surface area contributed by atoms with Crippen molar-refractivity contribution in [3.63, 3.8) is 0 Å². The molecule has 2 unspecified atom stereocenters. The van der Waals surface area contributed by atoms with E-state index >= 15 is 0 Å². The molecule has 86 valence electrons. The molecule has 16 heavy (non-hydrogen) atoms. The van der Waals surface area contributed by atoms with Crippen molar-refractivity contribution >= 4 is 11.6 Å².